The molecular weight excluding hydrogens is 458 g/mol. The van der Waals surface area contributed by atoms with Crippen LogP contribution in [0.2, 0.25) is 0 Å². The molecular formula is C24H31N3O6S. The number of nitrogens with zero attached hydrogens (tertiary/aromatic N) is 1. The number of urea groups is 1. The molecule has 2 fully saturated rings. The van der Waals surface area contributed by atoms with Crippen molar-refractivity contribution in [2.45, 2.75) is 69.2 Å². The Morgan fingerprint density at radius 1 is 1.24 bits per heavy atom. The fourth-order valence-corrected chi connectivity index (χ4v) is 5.85. The minimum Gasteiger partial charge on any atom is -0.598 e. The maximum absolute atomic E-state index is 13.6. The largest absolute Gasteiger partial charge is 0.598 e. The maximum atomic E-state index is 13.6. The molecule has 1 aromatic carbocycles. The van der Waals surface area contributed by atoms with E-state index in [1.54, 1.807) is 0 Å². The van der Waals surface area contributed by atoms with E-state index in [4.69, 9.17) is 4.74 Å². The standard InChI is InChI=1S/C24H31N3O6S/c1-23(2,3)34(32)26-24(11-8-15-6-4-5-7-17(15)24)14-18(28)19-20(29)25-22(31)27(21(19)30)16-9-12-33-13-10-16/h4-7,16,19,26H,8-14H2,1-3H3,(H,25,29,31)/t19?,24-,34+/m0/s1. The average molecular weight is 490 g/mol. The van der Waals surface area contributed by atoms with E-state index < -0.39 is 57.2 Å². The number of nitrogens with one attached hydrogen (secondary N) is 2. The predicted octanol–water partition coefficient (Wildman–Crippen LogP) is 1.71. The number of imide groups is 2. The SMILES string of the molecule is CC(C)(C)[S@@+]([O-])N[C@]1(CC(=O)C2C(=O)NC(=O)N(C3CCOCC3)C2=O)CCc2ccccc21. The molecule has 0 radical (unpaired) electrons. The summed E-state index contributed by atoms with van der Waals surface area (Å²) in [4.78, 5) is 53.0. The van der Waals surface area contributed by atoms with E-state index in [1.165, 1.54) is 0 Å². The number of carbonyl (C=O) groups excluding carboxylic acids is 4. The van der Waals surface area contributed by atoms with Crippen LogP contribution in [0, 0.1) is 5.92 Å². The molecule has 1 unspecified atom stereocenters. The monoisotopic (exact) mass is 489 g/mol. The van der Waals surface area contributed by atoms with Gasteiger partial charge in [-0.25, -0.2) is 4.79 Å². The molecule has 0 saturated carbocycles. The number of aryl methyl sites for hydroxylation is 1. The van der Waals surface area contributed by atoms with Gasteiger partial charge >= 0.3 is 6.03 Å². The van der Waals surface area contributed by atoms with Crippen molar-refractivity contribution in [1.82, 2.24) is 14.9 Å². The van der Waals surface area contributed by atoms with E-state index in [0.29, 0.717) is 38.9 Å². The second-order valence-electron chi connectivity index (χ2n) is 10.1. The van der Waals surface area contributed by atoms with Crippen molar-refractivity contribution < 1.29 is 28.5 Å². The first-order valence-corrected chi connectivity index (χ1v) is 12.7. The number of barbiturate groups is 1. The topological polar surface area (TPSA) is 128 Å². The van der Waals surface area contributed by atoms with Gasteiger partial charge in [0.15, 0.2) is 11.7 Å². The molecule has 3 atom stereocenters. The Hall–Kier alpha value is -2.27. The number of ketones is 1. The summed E-state index contributed by atoms with van der Waals surface area (Å²) in [5.41, 5.74) is 0.909. The summed E-state index contributed by atoms with van der Waals surface area (Å²) >= 11 is -1.50. The zero-order valence-corrected chi connectivity index (χ0v) is 20.5. The molecule has 3 aliphatic rings. The third-order valence-electron chi connectivity index (χ3n) is 6.75. The van der Waals surface area contributed by atoms with Crippen LogP contribution in [0.4, 0.5) is 4.79 Å². The van der Waals surface area contributed by atoms with Crippen molar-refractivity contribution in [1.29, 1.82) is 0 Å². The summed E-state index contributed by atoms with van der Waals surface area (Å²) < 4.78 is 21.0. The number of fused-ring (bicyclic) bond motifs is 1. The molecule has 1 aliphatic carbocycles. The molecule has 2 N–H and O–H groups in total. The summed E-state index contributed by atoms with van der Waals surface area (Å²) in [5, 5.41) is 2.19. The van der Waals surface area contributed by atoms with Crippen molar-refractivity contribution in [3.05, 3.63) is 35.4 Å². The van der Waals surface area contributed by atoms with Gasteiger partial charge < -0.3 is 9.29 Å². The predicted molar refractivity (Wildman–Crippen MR) is 125 cm³/mol. The Bertz CT molecular complexity index is 1000. The molecule has 4 amide bonds. The van der Waals surface area contributed by atoms with Crippen molar-refractivity contribution in [3.8, 4) is 0 Å². The van der Waals surface area contributed by atoms with E-state index in [1.807, 2.05) is 45.0 Å². The molecule has 2 heterocycles. The van der Waals surface area contributed by atoms with Gasteiger partial charge in [0.1, 0.15) is 4.75 Å². The lowest BCUT2D eigenvalue weighted by Crippen LogP contribution is -2.63. The van der Waals surface area contributed by atoms with Gasteiger partial charge in [0, 0.05) is 37.0 Å². The van der Waals surface area contributed by atoms with Gasteiger partial charge in [-0.15, -0.1) is 4.72 Å². The first-order valence-electron chi connectivity index (χ1n) is 11.6. The van der Waals surface area contributed by atoms with E-state index >= 15 is 0 Å². The lowest BCUT2D eigenvalue weighted by atomic mass is 9.83. The number of amides is 4. The van der Waals surface area contributed by atoms with E-state index in [-0.39, 0.29) is 6.42 Å². The highest BCUT2D eigenvalue weighted by Gasteiger charge is 2.52. The summed E-state index contributed by atoms with van der Waals surface area (Å²) in [6.07, 6.45) is 1.90. The highest BCUT2D eigenvalue weighted by Crippen LogP contribution is 2.42. The van der Waals surface area contributed by atoms with Gasteiger partial charge in [0.25, 0.3) is 5.91 Å². The van der Waals surface area contributed by atoms with Crippen LogP contribution in [-0.4, -0.2) is 57.1 Å². The molecule has 4 rings (SSSR count). The van der Waals surface area contributed by atoms with Crippen LogP contribution >= 0.6 is 0 Å². The van der Waals surface area contributed by atoms with E-state index in [9.17, 15) is 23.7 Å². The number of carbonyl (C=O) groups is 4. The van der Waals surface area contributed by atoms with Gasteiger partial charge in [-0.3, -0.25) is 24.6 Å². The number of ether oxygens (including phenoxy) is 1. The van der Waals surface area contributed by atoms with Crippen LogP contribution in [-0.2, 0) is 42.4 Å². The molecule has 0 aromatic heterocycles. The Labute approximate surface area is 202 Å². The molecule has 1 aromatic rings. The lowest BCUT2D eigenvalue weighted by molar-refractivity contribution is -0.150. The van der Waals surface area contributed by atoms with E-state index in [2.05, 4.69) is 10.0 Å². The summed E-state index contributed by atoms with van der Waals surface area (Å²) in [6.45, 7) is 6.30. The Morgan fingerprint density at radius 2 is 1.91 bits per heavy atom. The van der Waals surface area contributed by atoms with Gasteiger partial charge in [-0.05, 0) is 57.6 Å². The normalized spacial score (nSPS) is 26.9. The highest BCUT2D eigenvalue weighted by atomic mass is 32.2. The minimum absolute atomic E-state index is 0.189. The second-order valence-corrected chi connectivity index (χ2v) is 12.1. The molecule has 34 heavy (non-hydrogen) atoms. The quantitative estimate of drug-likeness (QED) is 0.460. The van der Waals surface area contributed by atoms with Gasteiger partial charge in [0.05, 0.1) is 5.54 Å². The Morgan fingerprint density at radius 3 is 2.59 bits per heavy atom. The van der Waals surface area contributed by atoms with Crippen LogP contribution in [0.1, 0.15) is 57.6 Å². The molecule has 2 aliphatic heterocycles. The Kier molecular flexibility index (Phi) is 6.87. The number of hydrogen-bond acceptors (Lipinski definition) is 7. The fraction of sp³-hybridized carbons (Fsp3) is 0.583. The number of hydrogen-bond donors (Lipinski definition) is 2. The van der Waals surface area contributed by atoms with Crippen LogP contribution in [0.3, 0.4) is 0 Å². The molecule has 10 heteroatoms. The average Bonchev–Trinajstić information content (AvgIpc) is 3.11. The molecule has 184 valence electrons. The highest BCUT2D eigenvalue weighted by molar-refractivity contribution is 7.90. The maximum Gasteiger partial charge on any atom is 0.331 e. The van der Waals surface area contributed by atoms with Gasteiger partial charge in [0.2, 0.25) is 5.91 Å². The first kappa shape index (κ1) is 24.8. The number of benzene rings is 1. The van der Waals surface area contributed by atoms with Crippen LogP contribution in [0.25, 0.3) is 0 Å². The summed E-state index contributed by atoms with van der Waals surface area (Å²) in [6, 6.07) is 6.41. The smallest absolute Gasteiger partial charge is 0.331 e. The number of Topliss-reactive ketones (excluding diaryl/α,β-unsaturated/α-hetero) is 1. The van der Waals surface area contributed by atoms with Crippen LogP contribution in [0.5, 0.6) is 0 Å². The summed E-state index contributed by atoms with van der Waals surface area (Å²) in [7, 11) is 0. The van der Waals surface area contributed by atoms with Crippen LogP contribution in [0.15, 0.2) is 24.3 Å². The Balaban J connectivity index is 1.63. The molecule has 0 bridgehead atoms. The third-order valence-corrected chi connectivity index (χ3v) is 8.44. The van der Waals surface area contributed by atoms with Crippen LogP contribution < -0.4 is 10.0 Å². The van der Waals surface area contributed by atoms with Crippen molar-refractivity contribution in [2.75, 3.05) is 13.2 Å². The zero-order valence-electron chi connectivity index (χ0n) is 19.7. The zero-order chi connectivity index (χ0) is 24.7. The van der Waals surface area contributed by atoms with Gasteiger partial charge in [-0.2, -0.15) is 0 Å². The molecule has 0 spiro atoms. The van der Waals surface area contributed by atoms with E-state index in [0.717, 1.165) is 16.0 Å². The minimum atomic E-state index is -1.62. The third kappa shape index (κ3) is 4.64. The van der Waals surface area contributed by atoms with Crippen molar-refractivity contribution in [2.24, 2.45) is 5.92 Å². The first-order chi connectivity index (χ1) is 16.0. The fourth-order valence-electron chi connectivity index (χ4n) is 4.91. The molecule has 2 saturated heterocycles. The summed E-state index contributed by atoms with van der Waals surface area (Å²) in [5.74, 6) is -3.90. The lowest BCUT2D eigenvalue weighted by Gasteiger charge is -2.38. The molecule has 9 nitrogen and oxygen atoms in total. The van der Waals surface area contributed by atoms with Crippen molar-refractivity contribution >= 4 is 35.0 Å². The number of rotatable bonds is 6. The van der Waals surface area contributed by atoms with Crippen molar-refractivity contribution in [3.63, 3.8) is 0 Å². The second kappa shape index (κ2) is 9.41. The van der Waals surface area contributed by atoms with Gasteiger partial charge in [-0.1, -0.05) is 24.3 Å².